The van der Waals surface area contributed by atoms with Crippen LogP contribution in [0.1, 0.15) is 25.7 Å². The minimum atomic E-state index is 0.446. The van der Waals surface area contributed by atoms with E-state index in [-0.39, 0.29) is 0 Å². The maximum Gasteiger partial charge on any atom is 0.0462 e. The first kappa shape index (κ1) is 5.72. The van der Waals surface area contributed by atoms with Gasteiger partial charge in [-0.3, -0.25) is 0 Å². The first-order valence-electron chi connectivity index (χ1n) is 4.01. The van der Waals surface area contributed by atoms with Crippen LogP contribution in [0.2, 0.25) is 0 Å². The number of fused-ring (bicyclic) bond motifs is 2. The first-order chi connectivity index (χ1) is 4.40. The number of hydrogen-bond donors (Lipinski definition) is 1. The smallest absolute Gasteiger partial charge is 0.0462 e. The molecule has 3 atom stereocenters. The highest BCUT2D eigenvalue weighted by Crippen LogP contribution is 2.47. The van der Waals surface area contributed by atoms with Crippen molar-refractivity contribution in [2.45, 2.75) is 25.7 Å². The van der Waals surface area contributed by atoms with Gasteiger partial charge in [-0.05, 0) is 37.0 Å². The van der Waals surface area contributed by atoms with Crippen molar-refractivity contribution in [3.05, 3.63) is 0 Å². The Morgan fingerprint density at radius 2 is 2.11 bits per heavy atom. The summed E-state index contributed by atoms with van der Waals surface area (Å²) in [4.78, 5) is 0. The molecule has 0 amide bonds. The second-order valence-electron chi connectivity index (χ2n) is 3.62. The Balaban J connectivity index is 2.01. The lowest BCUT2D eigenvalue weighted by molar-refractivity contribution is 0.177. The van der Waals surface area contributed by atoms with Crippen molar-refractivity contribution in [3.8, 4) is 0 Å². The summed E-state index contributed by atoms with van der Waals surface area (Å²) in [5.41, 5.74) is 0. The van der Waals surface area contributed by atoms with Crippen LogP contribution in [0, 0.1) is 17.8 Å². The van der Waals surface area contributed by atoms with E-state index in [1.54, 1.807) is 0 Å². The molecule has 0 saturated heterocycles. The van der Waals surface area contributed by atoms with Crippen LogP contribution < -0.4 is 0 Å². The highest BCUT2D eigenvalue weighted by atomic mass is 16.3. The molecule has 0 radical (unpaired) electrons. The summed E-state index contributed by atoms with van der Waals surface area (Å²) >= 11 is 0. The van der Waals surface area contributed by atoms with Crippen LogP contribution in [0.25, 0.3) is 0 Å². The van der Waals surface area contributed by atoms with Crippen LogP contribution >= 0.6 is 0 Å². The molecule has 0 aliphatic heterocycles. The lowest BCUT2D eigenvalue weighted by Gasteiger charge is -2.18. The van der Waals surface area contributed by atoms with E-state index in [9.17, 15) is 0 Å². The van der Waals surface area contributed by atoms with Gasteiger partial charge in [-0.25, -0.2) is 0 Å². The molecular formula is C8H14O. The zero-order valence-electron chi connectivity index (χ0n) is 5.71. The van der Waals surface area contributed by atoms with E-state index in [0.29, 0.717) is 12.5 Å². The number of rotatable bonds is 1. The Morgan fingerprint density at radius 3 is 2.44 bits per heavy atom. The molecule has 9 heavy (non-hydrogen) atoms. The van der Waals surface area contributed by atoms with Gasteiger partial charge in [0.15, 0.2) is 0 Å². The van der Waals surface area contributed by atoms with E-state index in [4.69, 9.17) is 5.11 Å². The van der Waals surface area contributed by atoms with Crippen LogP contribution in [0.5, 0.6) is 0 Å². The van der Waals surface area contributed by atoms with Crippen molar-refractivity contribution in [2.75, 3.05) is 6.61 Å². The van der Waals surface area contributed by atoms with E-state index in [1.165, 1.54) is 25.7 Å². The average molecular weight is 126 g/mol. The minimum Gasteiger partial charge on any atom is -0.396 e. The molecule has 1 nitrogen and oxygen atoms in total. The molecule has 0 aromatic rings. The predicted octanol–water partition coefficient (Wildman–Crippen LogP) is 1.41. The summed E-state index contributed by atoms with van der Waals surface area (Å²) in [5, 5.41) is 8.89. The molecule has 1 unspecified atom stereocenters. The number of aliphatic hydroxyl groups is 1. The fourth-order valence-corrected chi connectivity index (χ4v) is 2.60. The molecule has 2 saturated carbocycles. The summed E-state index contributed by atoms with van der Waals surface area (Å²) in [5.74, 6) is 2.58. The largest absolute Gasteiger partial charge is 0.396 e. The van der Waals surface area contributed by atoms with Gasteiger partial charge in [-0.2, -0.15) is 0 Å². The van der Waals surface area contributed by atoms with Gasteiger partial charge in [0, 0.05) is 6.61 Å². The van der Waals surface area contributed by atoms with Crippen molar-refractivity contribution in [1.82, 2.24) is 0 Å². The molecule has 0 spiro atoms. The fraction of sp³-hybridized carbons (Fsp3) is 1.00. The highest BCUT2D eigenvalue weighted by molar-refractivity contribution is 4.89. The molecule has 0 aromatic carbocycles. The number of aliphatic hydroxyl groups excluding tert-OH is 1. The molecule has 2 fully saturated rings. The van der Waals surface area contributed by atoms with Gasteiger partial charge < -0.3 is 5.11 Å². The van der Waals surface area contributed by atoms with Gasteiger partial charge in [0.25, 0.3) is 0 Å². The summed E-state index contributed by atoms with van der Waals surface area (Å²) in [6.07, 6.45) is 5.59. The van der Waals surface area contributed by atoms with Gasteiger partial charge in [0.1, 0.15) is 0 Å². The predicted molar refractivity (Wildman–Crippen MR) is 36.0 cm³/mol. The zero-order chi connectivity index (χ0) is 6.27. The SMILES string of the molecule is OCC1C[C@@H]2CC[C@H]1C2. The van der Waals surface area contributed by atoms with Gasteiger partial charge in [0.05, 0.1) is 0 Å². The van der Waals surface area contributed by atoms with Crippen molar-refractivity contribution in [3.63, 3.8) is 0 Å². The normalized spacial score (nSPS) is 48.3. The Labute approximate surface area is 56.1 Å². The maximum atomic E-state index is 8.89. The van der Waals surface area contributed by atoms with Crippen LogP contribution in [0.15, 0.2) is 0 Å². The van der Waals surface area contributed by atoms with E-state index in [2.05, 4.69) is 0 Å². The minimum absolute atomic E-state index is 0.446. The quantitative estimate of drug-likeness (QED) is 0.563. The molecule has 2 aliphatic carbocycles. The maximum absolute atomic E-state index is 8.89. The molecule has 0 heterocycles. The summed E-state index contributed by atoms with van der Waals surface area (Å²) < 4.78 is 0. The van der Waals surface area contributed by atoms with Crippen molar-refractivity contribution < 1.29 is 5.11 Å². The Morgan fingerprint density at radius 1 is 1.22 bits per heavy atom. The molecule has 52 valence electrons. The Kier molecular flexibility index (Phi) is 1.26. The highest BCUT2D eigenvalue weighted by Gasteiger charge is 2.38. The second-order valence-corrected chi connectivity index (χ2v) is 3.62. The van der Waals surface area contributed by atoms with Crippen molar-refractivity contribution >= 4 is 0 Å². The lowest BCUT2D eigenvalue weighted by atomic mass is 9.90. The summed E-state index contributed by atoms with van der Waals surface area (Å²) in [7, 11) is 0. The monoisotopic (exact) mass is 126 g/mol. The number of hydrogen-bond acceptors (Lipinski definition) is 1. The zero-order valence-corrected chi connectivity index (χ0v) is 5.71. The van der Waals surface area contributed by atoms with Crippen LogP contribution in [-0.4, -0.2) is 11.7 Å². The third-order valence-corrected chi connectivity index (χ3v) is 3.12. The average Bonchev–Trinajstić information content (AvgIpc) is 2.45. The Hall–Kier alpha value is -0.0400. The van der Waals surface area contributed by atoms with Crippen LogP contribution in [0.4, 0.5) is 0 Å². The van der Waals surface area contributed by atoms with Crippen molar-refractivity contribution in [2.24, 2.45) is 17.8 Å². The van der Waals surface area contributed by atoms with Gasteiger partial charge in [-0.15, -0.1) is 0 Å². The molecule has 2 aliphatic rings. The van der Waals surface area contributed by atoms with Gasteiger partial charge in [0.2, 0.25) is 0 Å². The molecule has 2 rings (SSSR count). The second kappa shape index (κ2) is 1.98. The standard InChI is InChI=1S/C8H14O/c9-5-8-4-6-1-2-7(8)3-6/h6-9H,1-5H2/t6-,7+,8?/m1/s1. The van der Waals surface area contributed by atoms with E-state index in [1.807, 2.05) is 0 Å². The fourth-order valence-electron chi connectivity index (χ4n) is 2.60. The topological polar surface area (TPSA) is 20.2 Å². The molecular weight excluding hydrogens is 112 g/mol. The molecule has 0 aromatic heterocycles. The van der Waals surface area contributed by atoms with Gasteiger partial charge >= 0.3 is 0 Å². The third-order valence-electron chi connectivity index (χ3n) is 3.12. The molecule has 1 heteroatoms. The molecule has 1 N–H and O–H groups in total. The third kappa shape index (κ3) is 0.787. The Bertz CT molecular complexity index is 111. The summed E-state index contributed by atoms with van der Waals surface area (Å²) in [6.45, 7) is 0.446. The van der Waals surface area contributed by atoms with Gasteiger partial charge in [-0.1, -0.05) is 6.42 Å². The van der Waals surface area contributed by atoms with Crippen LogP contribution in [0.3, 0.4) is 0 Å². The van der Waals surface area contributed by atoms with E-state index < -0.39 is 0 Å². The lowest BCUT2D eigenvalue weighted by Crippen LogP contribution is -2.13. The van der Waals surface area contributed by atoms with E-state index in [0.717, 1.165) is 11.8 Å². The summed E-state index contributed by atoms with van der Waals surface area (Å²) in [6, 6.07) is 0. The van der Waals surface area contributed by atoms with Crippen molar-refractivity contribution in [1.29, 1.82) is 0 Å². The molecule has 2 bridgehead atoms. The first-order valence-corrected chi connectivity index (χ1v) is 4.01. The van der Waals surface area contributed by atoms with Crippen LogP contribution in [-0.2, 0) is 0 Å². The van der Waals surface area contributed by atoms with E-state index >= 15 is 0 Å².